The first-order chi connectivity index (χ1) is 10.6. The van der Waals surface area contributed by atoms with Crippen molar-refractivity contribution in [2.75, 3.05) is 6.61 Å². The summed E-state index contributed by atoms with van der Waals surface area (Å²) in [5.41, 5.74) is 3.63. The summed E-state index contributed by atoms with van der Waals surface area (Å²) in [6, 6.07) is 9.41. The van der Waals surface area contributed by atoms with Crippen molar-refractivity contribution in [1.29, 1.82) is 0 Å². The van der Waals surface area contributed by atoms with E-state index < -0.39 is 0 Å². The number of hydrogen-bond donors (Lipinski definition) is 0. The molecule has 1 aromatic rings. The van der Waals surface area contributed by atoms with Crippen LogP contribution >= 0.6 is 0 Å². The van der Waals surface area contributed by atoms with Gasteiger partial charge in [-0.2, -0.15) is 0 Å². The summed E-state index contributed by atoms with van der Waals surface area (Å²) < 4.78 is 5.99. The lowest BCUT2D eigenvalue weighted by Gasteiger charge is -2.31. The van der Waals surface area contributed by atoms with Crippen LogP contribution < -0.4 is 0 Å². The highest BCUT2D eigenvalue weighted by molar-refractivity contribution is 6.41. The lowest BCUT2D eigenvalue weighted by molar-refractivity contribution is 0.0633. The van der Waals surface area contributed by atoms with E-state index in [0.717, 1.165) is 6.61 Å². The Morgan fingerprint density at radius 3 is 2.45 bits per heavy atom. The number of hydrogen-bond acceptors (Lipinski definition) is 1. The fourth-order valence-electron chi connectivity index (χ4n) is 3.61. The molecule has 1 aromatic carbocycles. The van der Waals surface area contributed by atoms with Gasteiger partial charge in [-0.3, -0.25) is 0 Å². The van der Waals surface area contributed by atoms with Crippen LogP contribution in [0.25, 0.3) is 0 Å². The second kappa shape index (κ2) is 8.88. The van der Waals surface area contributed by atoms with Gasteiger partial charge >= 0.3 is 0 Å². The van der Waals surface area contributed by atoms with E-state index in [1.165, 1.54) is 62.5 Å². The predicted octanol–water partition coefficient (Wildman–Crippen LogP) is 4.86. The largest absolute Gasteiger partial charge is 0.382 e. The summed E-state index contributed by atoms with van der Waals surface area (Å²) in [6.45, 7) is 8.17. The molecule has 0 bridgehead atoms. The predicted molar refractivity (Wildman–Crippen MR) is 99.6 cm³/mol. The maximum atomic E-state index is 5.99. The summed E-state index contributed by atoms with van der Waals surface area (Å²) in [4.78, 5) is 0. The van der Waals surface area contributed by atoms with Gasteiger partial charge in [0.1, 0.15) is 0 Å². The quantitative estimate of drug-likeness (QED) is 0.491. The van der Waals surface area contributed by atoms with E-state index in [-0.39, 0.29) is 9.52 Å². The second-order valence-corrected chi connectivity index (χ2v) is 11.0. The smallest absolute Gasteiger partial charge is 0.0619 e. The minimum atomic E-state index is -0.199. The van der Waals surface area contributed by atoms with Gasteiger partial charge in [0.05, 0.1) is 9.52 Å². The van der Waals surface area contributed by atoms with E-state index in [4.69, 9.17) is 4.74 Å². The van der Waals surface area contributed by atoms with Gasteiger partial charge in [0, 0.05) is 12.3 Å². The van der Waals surface area contributed by atoms with E-state index in [9.17, 15) is 0 Å². The van der Waals surface area contributed by atoms with Crippen LogP contribution in [0, 0.1) is 0 Å². The van der Waals surface area contributed by atoms with Crippen molar-refractivity contribution in [2.24, 2.45) is 0 Å². The third-order valence-corrected chi connectivity index (χ3v) is 7.28. The number of unbranched alkanes of at least 4 members (excludes halogenated alkanes) is 2. The van der Waals surface area contributed by atoms with Gasteiger partial charge < -0.3 is 4.74 Å². The van der Waals surface area contributed by atoms with Gasteiger partial charge in [-0.1, -0.05) is 57.9 Å². The van der Waals surface area contributed by atoms with Crippen molar-refractivity contribution in [3.05, 3.63) is 35.4 Å². The molecule has 0 N–H and O–H groups in total. The first-order valence-corrected chi connectivity index (χ1v) is 10.8. The lowest BCUT2D eigenvalue weighted by Crippen LogP contribution is -2.33. The molecule has 0 aromatic heterocycles. The van der Waals surface area contributed by atoms with Gasteiger partial charge in [0.25, 0.3) is 0 Å². The second-order valence-electron chi connectivity index (χ2n) is 7.81. The zero-order valence-corrected chi connectivity index (χ0v) is 16.3. The van der Waals surface area contributed by atoms with Crippen LogP contribution in [0.3, 0.4) is 0 Å². The van der Waals surface area contributed by atoms with Crippen LogP contribution in [0.15, 0.2) is 24.3 Å². The molecule has 0 saturated carbocycles. The summed E-state index contributed by atoms with van der Waals surface area (Å²) >= 11 is 0. The Labute approximate surface area is 139 Å². The first-order valence-electron chi connectivity index (χ1n) is 9.28. The Morgan fingerprint density at radius 2 is 1.82 bits per heavy atom. The van der Waals surface area contributed by atoms with Gasteiger partial charge in [0.2, 0.25) is 0 Å². The summed E-state index contributed by atoms with van der Waals surface area (Å²) in [5, 5.41) is 0.464. The Bertz CT molecular complexity index is 418. The van der Waals surface area contributed by atoms with Crippen molar-refractivity contribution < 1.29 is 4.74 Å². The average Bonchev–Trinajstić information content (AvgIpc) is 2.49. The highest BCUT2D eigenvalue weighted by Gasteiger charge is 2.26. The van der Waals surface area contributed by atoms with Crippen molar-refractivity contribution in [3.8, 4) is 0 Å². The van der Waals surface area contributed by atoms with E-state index >= 15 is 0 Å². The standard InChI is InChI=1S/C20H34OSi/c1-4-5-6-9-17-11-13-18(14-12-17)16-20(2,3)22-19-10-7-8-15-21-19/h11-14,19H,4-10,15-16,22H2,1-3H3. The van der Waals surface area contributed by atoms with Gasteiger partial charge in [-0.15, -0.1) is 0 Å². The monoisotopic (exact) mass is 318 g/mol. The van der Waals surface area contributed by atoms with Gasteiger partial charge in [0.15, 0.2) is 0 Å². The summed E-state index contributed by atoms with van der Waals surface area (Å²) in [6.07, 6.45) is 10.4. The van der Waals surface area contributed by atoms with Crippen molar-refractivity contribution in [3.63, 3.8) is 0 Å². The van der Waals surface area contributed by atoms with Crippen LogP contribution in [0.1, 0.15) is 70.4 Å². The molecule has 1 aliphatic rings. The van der Waals surface area contributed by atoms with Crippen LogP contribution in [0.4, 0.5) is 0 Å². The molecule has 124 valence electrons. The fourth-order valence-corrected chi connectivity index (χ4v) is 6.06. The molecule has 2 rings (SSSR count). The molecule has 0 radical (unpaired) electrons. The van der Waals surface area contributed by atoms with Crippen molar-refractivity contribution in [2.45, 2.75) is 82.9 Å². The van der Waals surface area contributed by atoms with E-state index in [2.05, 4.69) is 45.0 Å². The van der Waals surface area contributed by atoms with Crippen molar-refractivity contribution in [1.82, 2.24) is 0 Å². The minimum absolute atomic E-state index is 0.199. The molecular weight excluding hydrogens is 284 g/mol. The Hall–Kier alpha value is -0.603. The van der Waals surface area contributed by atoms with Gasteiger partial charge in [-0.05, 0) is 54.7 Å². The van der Waals surface area contributed by atoms with E-state index in [1.807, 2.05) is 0 Å². The summed E-state index contributed by atoms with van der Waals surface area (Å²) in [5.74, 6) is 0. The maximum absolute atomic E-state index is 5.99. The van der Waals surface area contributed by atoms with Crippen molar-refractivity contribution >= 4 is 9.52 Å². The molecule has 1 saturated heterocycles. The van der Waals surface area contributed by atoms with Crippen LogP contribution in [-0.4, -0.2) is 21.9 Å². The zero-order chi connectivity index (χ0) is 15.8. The highest BCUT2D eigenvalue weighted by Crippen LogP contribution is 2.31. The number of aryl methyl sites for hydroxylation is 1. The maximum Gasteiger partial charge on any atom is 0.0619 e. The molecule has 1 unspecified atom stereocenters. The number of benzene rings is 1. The fraction of sp³-hybridized carbons (Fsp3) is 0.700. The molecule has 22 heavy (non-hydrogen) atoms. The van der Waals surface area contributed by atoms with E-state index in [0.29, 0.717) is 10.8 Å². The molecule has 1 heterocycles. The van der Waals surface area contributed by atoms with Gasteiger partial charge in [-0.25, -0.2) is 0 Å². The first kappa shape index (κ1) is 17.7. The number of ether oxygens (including phenoxy) is 1. The Kier molecular flexibility index (Phi) is 7.16. The number of rotatable bonds is 8. The minimum Gasteiger partial charge on any atom is -0.382 e. The van der Waals surface area contributed by atoms with Crippen LogP contribution in [0.2, 0.25) is 5.04 Å². The van der Waals surface area contributed by atoms with E-state index in [1.54, 1.807) is 0 Å². The molecule has 1 nitrogen and oxygen atoms in total. The summed E-state index contributed by atoms with van der Waals surface area (Å²) in [7, 11) is -0.199. The Morgan fingerprint density at radius 1 is 1.09 bits per heavy atom. The molecule has 1 aliphatic heterocycles. The molecule has 1 atom stereocenters. The molecule has 2 heteroatoms. The van der Waals surface area contributed by atoms with Crippen LogP contribution in [-0.2, 0) is 17.6 Å². The molecule has 0 spiro atoms. The average molecular weight is 319 g/mol. The van der Waals surface area contributed by atoms with Crippen LogP contribution in [0.5, 0.6) is 0 Å². The molecule has 0 aliphatic carbocycles. The third-order valence-electron chi connectivity index (χ3n) is 4.83. The lowest BCUT2D eigenvalue weighted by atomic mass is 9.99. The normalized spacial score (nSPS) is 19.9. The highest BCUT2D eigenvalue weighted by atomic mass is 28.2. The molecular formula is C20H34OSi. The third kappa shape index (κ3) is 6.25. The molecule has 1 fully saturated rings. The molecule has 0 amide bonds. The SMILES string of the molecule is CCCCCc1ccc(CC(C)(C)[SiH2]C2CCCCO2)cc1. The Balaban J connectivity index is 1.83. The zero-order valence-electron chi connectivity index (χ0n) is 14.9. The topological polar surface area (TPSA) is 9.23 Å².